The highest BCUT2D eigenvalue weighted by Gasteiger charge is 2.08. The molecule has 0 heterocycles. The number of aromatic hydroxyl groups is 1. The number of nitrogens with two attached hydrogens (primary N) is 1. The number of ether oxygens (including phenoxy) is 1. The summed E-state index contributed by atoms with van der Waals surface area (Å²) < 4.78 is 17.8. The number of benzene rings is 1. The smallest absolute Gasteiger partial charge is 0.241 e. The van der Waals surface area contributed by atoms with Gasteiger partial charge in [0.1, 0.15) is 0 Å². The third kappa shape index (κ3) is 2.70. The SMILES string of the molecule is COc1cc(/C=C\C(N)=O)cc(F)c1O. The molecule has 1 rings (SSSR count). The summed E-state index contributed by atoms with van der Waals surface area (Å²) in [6.45, 7) is 0. The van der Waals surface area contributed by atoms with Crippen molar-refractivity contribution >= 4 is 12.0 Å². The van der Waals surface area contributed by atoms with Crippen LogP contribution in [0.2, 0.25) is 0 Å². The molecule has 0 aliphatic rings. The van der Waals surface area contributed by atoms with E-state index in [0.717, 1.165) is 12.1 Å². The molecule has 5 heteroatoms. The van der Waals surface area contributed by atoms with Crippen LogP contribution < -0.4 is 10.5 Å². The number of carbonyl (C=O) groups is 1. The number of hydrogen-bond acceptors (Lipinski definition) is 3. The van der Waals surface area contributed by atoms with Crippen LogP contribution in [0.25, 0.3) is 6.08 Å². The van der Waals surface area contributed by atoms with Gasteiger partial charge in [-0.05, 0) is 23.8 Å². The van der Waals surface area contributed by atoms with Crippen LogP contribution in [0.5, 0.6) is 11.5 Å². The first-order valence-corrected chi connectivity index (χ1v) is 4.08. The lowest BCUT2D eigenvalue weighted by molar-refractivity contribution is -0.113. The summed E-state index contributed by atoms with van der Waals surface area (Å²) in [5.74, 6) is -2.02. The van der Waals surface area contributed by atoms with Crippen molar-refractivity contribution in [2.24, 2.45) is 5.73 Å². The third-order valence-corrected chi connectivity index (χ3v) is 1.71. The van der Waals surface area contributed by atoms with Crippen LogP contribution in [-0.2, 0) is 4.79 Å². The monoisotopic (exact) mass is 211 g/mol. The summed E-state index contributed by atoms with van der Waals surface area (Å²) in [5, 5.41) is 9.18. The number of amides is 1. The fraction of sp³-hybridized carbons (Fsp3) is 0.100. The standard InChI is InChI=1S/C10H10FNO3/c1-15-8-5-6(2-3-9(12)13)4-7(11)10(8)14/h2-5,14H,1H3,(H2,12,13)/b3-2-. The van der Waals surface area contributed by atoms with Gasteiger partial charge in [0.15, 0.2) is 17.3 Å². The second-order valence-corrected chi connectivity index (χ2v) is 2.79. The Morgan fingerprint density at radius 2 is 2.27 bits per heavy atom. The minimum Gasteiger partial charge on any atom is -0.502 e. The Hall–Kier alpha value is -2.04. The third-order valence-electron chi connectivity index (χ3n) is 1.71. The van der Waals surface area contributed by atoms with Crippen LogP contribution in [0.4, 0.5) is 4.39 Å². The molecular weight excluding hydrogens is 201 g/mol. The highest BCUT2D eigenvalue weighted by molar-refractivity contribution is 5.90. The molecule has 15 heavy (non-hydrogen) atoms. The molecule has 0 aromatic heterocycles. The van der Waals surface area contributed by atoms with Crippen LogP contribution >= 0.6 is 0 Å². The van der Waals surface area contributed by atoms with Crippen molar-refractivity contribution in [3.05, 3.63) is 29.6 Å². The summed E-state index contributed by atoms with van der Waals surface area (Å²) in [6.07, 6.45) is 2.42. The van der Waals surface area contributed by atoms with Crippen LogP contribution in [0.3, 0.4) is 0 Å². The van der Waals surface area contributed by atoms with E-state index in [0.29, 0.717) is 5.56 Å². The topological polar surface area (TPSA) is 72.5 Å². The Morgan fingerprint density at radius 3 is 2.80 bits per heavy atom. The van der Waals surface area contributed by atoms with Crippen LogP contribution in [-0.4, -0.2) is 18.1 Å². The van der Waals surface area contributed by atoms with Crippen molar-refractivity contribution in [3.63, 3.8) is 0 Å². The Balaban J connectivity index is 3.11. The number of rotatable bonds is 3. The minimum atomic E-state index is -0.821. The predicted octanol–water partition coefficient (Wildman–Crippen LogP) is 1.04. The van der Waals surface area contributed by atoms with Crippen LogP contribution in [0.1, 0.15) is 5.56 Å². The van der Waals surface area contributed by atoms with Gasteiger partial charge in [-0.15, -0.1) is 0 Å². The zero-order chi connectivity index (χ0) is 11.4. The van der Waals surface area contributed by atoms with Crippen molar-refractivity contribution in [2.45, 2.75) is 0 Å². The largest absolute Gasteiger partial charge is 0.502 e. The molecule has 1 aromatic carbocycles. The van der Waals surface area contributed by atoms with Gasteiger partial charge in [0.2, 0.25) is 5.91 Å². The number of halogens is 1. The van der Waals surface area contributed by atoms with E-state index in [2.05, 4.69) is 0 Å². The first-order valence-electron chi connectivity index (χ1n) is 4.08. The van der Waals surface area contributed by atoms with E-state index in [4.69, 9.17) is 10.5 Å². The van der Waals surface area contributed by atoms with Crippen molar-refractivity contribution in [2.75, 3.05) is 7.11 Å². The summed E-state index contributed by atoms with van der Waals surface area (Å²) >= 11 is 0. The number of methoxy groups -OCH3 is 1. The maximum Gasteiger partial charge on any atom is 0.241 e. The lowest BCUT2D eigenvalue weighted by atomic mass is 10.2. The van der Waals surface area contributed by atoms with Crippen molar-refractivity contribution in [3.8, 4) is 11.5 Å². The molecule has 0 unspecified atom stereocenters. The number of phenolic OH excluding ortho intramolecular Hbond substituents is 1. The summed E-state index contributed by atoms with van der Waals surface area (Å²) in [4.78, 5) is 10.4. The molecule has 0 radical (unpaired) electrons. The number of primary amides is 1. The summed E-state index contributed by atoms with van der Waals surface area (Å²) in [5.41, 5.74) is 5.25. The predicted molar refractivity (Wildman–Crippen MR) is 52.8 cm³/mol. The van der Waals surface area contributed by atoms with Gasteiger partial charge in [0, 0.05) is 6.08 Å². The minimum absolute atomic E-state index is 0.000814. The fourth-order valence-corrected chi connectivity index (χ4v) is 1.02. The van der Waals surface area contributed by atoms with Gasteiger partial charge in [-0.3, -0.25) is 4.79 Å². The number of phenols is 1. The van der Waals surface area contributed by atoms with Crippen LogP contribution in [0, 0.1) is 5.82 Å². The van der Waals surface area contributed by atoms with Crippen molar-refractivity contribution < 1.29 is 19.0 Å². The second kappa shape index (κ2) is 4.45. The molecule has 0 spiro atoms. The highest BCUT2D eigenvalue weighted by atomic mass is 19.1. The molecular formula is C10H10FNO3. The second-order valence-electron chi connectivity index (χ2n) is 2.79. The van der Waals surface area contributed by atoms with E-state index in [1.165, 1.54) is 19.3 Å². The van der Waals surface area contributed by atoms with Gasteiger partial charge < -0.3 is 15.6 Å². The molecule has 0 saturated carbocycles. The molecule has 80 valence electrons. The van der Waals surface area contributed by atoms with Crippen molar-refractivity contribution in [1.82, 2.24) is 0 Å². The van der Waals surface area contributed by atoms with E-state index >= 15 is 0 Å². The van der Waals surface area contributed by atoms with E-state index < -0.39 is 17.5 Å². The van der Waals surface area contributed by atoms with Crippen molar-refractivity contribution in [1.29, 1.82) is 0 Å². The lowest BCUT2D eigenvalue weighted by Crippen LogP contribution is -2.05. The first-order chi connectivity index (χ1) is 7.04. The maximum absolute atomic E-state index is 13.1. The number of carbonyl (C=O) groups excluding carboxylic acids is 1. The lowest BCUT2D eigenvalue weighted by Gasteiger charge is -2.05. The van der Waals surface area contributed by atoms with E-state index in [1.54, 1.807) is 0 Å². The van der Waals surface area contributed by atoms with E-state index in [-0.39, 0.29) is 5.75 Å². The first kappa shape index (κ1) is 11.0. The highest BCUT2D eigenvalue weighted by Crippen LogP contribution is 2.30. The van der Waals surface area contributed by atoms with E-state index in [9.17, 15) is 14.3 Å². The molecule has 4 nitrogen and oxygen atoms in total. The van der Waals surface area contributed by atoms with Gasteiger partial charge in [0.25, 0.3) is 0 Å². The molecule has 0 aliphatic carbocycles. The van der Waals surface area contributed by atoms with Gasteiger partial charge in [-0.2, -0.15) is 0 Å². The average molecular weight is 211 g/mol. The number of hydrogen-bond donors (Lipinski definition) is 2. The molecule has 3 N–H and O–H groups in total. The normalized spacial score (nSPS) is 10.5. The molecule has 1 aromatic rings. The maximum atomic E-state index is 13.1. The quantitative estimate of drug-likeness (QED) is 0.733. The molecule has 0 bridgehead atoms. The Bertz CT molecular complexity index is 415. The molecule has 0 atom stereocenters. The fourth-order valence-electron chi connectivity index (χ4n) is 1.02. The van der Waals surface area contributed by atoms with Gasteiger partial charge in [-0.25, -0.2) is 4.39 Å². The Morgan fingerprint density at radius 1 is 1.60 bits per heavy atom. The molecule has 0 saturated heterocycles. The summed E-state index contributed by atoms with van der Waals surface area (Å²) in [6, 6.07) is 2.45. The van der Waals surface area contributed by atoms with Crippen LogP contribution in [0.15, 0.2) is 18.2 Å². The Labute approximate surface area is 85.8 Å². The Kier molecular flexibility index (Phi) is 3.28. The molecule has 0 fully saturated rings. The zero-order valence-electron chi connectivity index (χ0n) is 8.03. The average Bonchev–Trinajstić information content (AvgIpc) is 2.19. The van der Waals surface area contributed by atoms with Gasteiger partial charge in [-0.1, -0.05) is 0 Å². The molecule has 1 amide bonds. The summed E-state index contributed by atoms with van der Waals surface area (Å²) in [7, 11) is 1.30. The van der Waals surface area contributed by atoms with Gasteiger partial charge >= 0.3 is 0 Å². The van der Waals surface area contributed by atoms with E-state index in [1.807, 2.05) is 0 Å². The molecule has 0 aliphatic heterocycles. The zero-order valence-corrected chi connectivity index (χ0v) is 8.03. The van der Waals surface area contributed by atoms with Gasteiger partial charge in [0.05, 0.1) is 7.11 Å².